The summed E-state index contributed by atoms with van der Waals surface area (Å²) in [6.45, 7) is 3.37. The van der Waals surface area contributed by atoms with Crippen molar-refractivity contribution >= 4 is 11.0 Å². The van der Waals surface area contributed by atoms with Crippen LogP contribution < -0.4 is 10.1 Å². The van der Waals surface area contributed by atoms with Gasteiger partial charge in [-0.25, -0.2) is 9.97 Å². The number of aromatic nitrogens is 3. The van der Waals surface area contributed by atoms with Crippen LogP contribution in [-0.2, 0) is 23.9 Å². The number of fused-ring (bicyclic) bond motifs is 2. The molecule has 9 heteroatoms. The van der Waals surface area contributed by atoms with E-state index in [-0.39, 0.29) is 18.1 Å². The Morgan fingerprint density at radius 1 is 1.27 bits per heavy atom. The molecule has 1 saturated heterocycles. The van der Waals surface area contributed by atoms with E-state index in [1.165, 1.54) is 12.4 Å². The van der Waals surface area contributed by atoms with E-state index in [0.29, 0.717) is 38.1 Å². The highest BCUT2D eigenvalue weighted by atomic mass is 19.4. The number of ether oxygens (including phenoxy) is 2. The number of nitrogens with one attached hydrogen (secondary N) is 1. The van der Waals surface area contributed by atoms with Crippen LogP contribution in [0.25, 0.3) is 11.0 Å². The maximum atomic E-state index is 13.4. The third-order valence-electron chi connectivity index (χ3n) is 5.75. The van der Waals surface area contributed by atoms with Crippen LogP contribution in [0.15, 0.2) is 30.7 Å². The minimum absolute atomic E-state index is 0.289. The molecule has 1 fully saturated rings. The lowest BCUT2D eigenvalue weighted by atomic mass is 9.97. The van der Waals surface area contributed by atoms with E-state index in [9.17, 15) is 13.2 Å². The molecule has 30 heavy (non-hydrogen) atoms. The summed E-state index contributed by atoms with van der Waals surface area (Å²) in [7, 11) is 0. The van der Waals surface area contributed by atoms with Crippen molar-refractivity contribution in [1.29, 1.82) is 0 Å². The smallest absolute Gasteiger partial charge is 0.416 e. The Bertz CT molecular complexity index is 1100. The zero-order chi connectivity index (χ0) is 20.9. The number of hydrogen-bond acceptors (Lipinski definition) is 5. The van der Waals surface area contributed by atoms with E-state index in [1.807, 2.05) is 23.8 Å². The number of nitrogens with zero attached hydrogens (tertiary/aromatic N) is 3. The van der Waals surface area contributed by atoms with Crippen molar-refractivity contribution in [2.75, 3.05) is 13.2 Å². The Labute approximate surface area is 171 Å². The second kappa shape index (κ2) is 7.24. The van der Waals surface area contributed by atoms with Crippen LogP contribution in [0.3, 0.4) is 0 Å². The van der Waals surface area contributed by atoms with Gasteiger partial charge in [0.15, 0.2) is 0 Å². The number of aryl methyl sites for hydroxylation is 1. The van der Waals surface area contributed by atoms with Crippen molar-refractivity contribution in [2.45, 2.75) is 44.8 Å². The van der Waals surface area contributed by atoms with Crippen LogP contribution in [0.2, 0.25) is 0 Å². The molecule has 0 amide bonds. The summed E-state index contributed by atoms with van der Waals surface area (Å²) in [4.78, 5) is 8.55. The lowest BCUT2D eigenvalue weighted by Gasteiger charge is -2.24. The SMILES string of the molecule is Cc1ncnc2c1ccn2[C@@H]1CC(Oc2cc(C(F)(F)F)cc3c2CNCC3)CO1. The van der Waals surface area contributed by atoms with Gasteiger partial charge in [0.25, 0.3) is 0 Å². The van der Waals surface area contributed by atoms with Gasteiger partial charge in [-0.05, 0) is 43.7 Å². The van der Waals surface area contributed by atoms with Gasteiger partial charge in [-0.3, -0.25) is 0 Å². The third kappa shape index (κ3) is 3.41. The third-order valence-corrected chi connectivity index (χ3v) is 5.75. The van der Waals surface area contributed by atoms with Crippen molar-refractivity contribution in [1.82, 2.24) is 19.9 Å². The Hall–Kier alpha value is -2.65. The first-order valence-corrected chi connectivity index (χ1v) is 9.90. The first-order chi connectivity index (χ1) is 14.4. The summed E-state index contributed by atoms with van der Waals surface area (Å²) < 4.78 is 54.0. The van der Waals surface area contributed by atoms with Crippen LogP contribution in [-0.4, -0.2) is 33.8 Å². The quantitative estimate of drug-likeness (QED) is 0.702. The van der Waals surface area contributed by atoms with Crippen molar-refractivity contribution < 1.29 is 22.6 Å². The van der Waals surface area contributed by atoms with Gasteiger partial charge in [0.1, 0.15) is 30.1 Å². The number of halogens is 3. The Kier molecular flexibility index (Phi) is 4.67. The molecule has 0 spiro atoms. The van der Waals surface area contributed by atoms with Gasteiger partial charge in [-0.1, -0.05) is 0 Å². The van der Waals surface area contributed by atoms with Gasteiger partial charge in [0.05, 0.1) is 17.9 Å². The van der Waals surface area contributed by atoms with Crippen molar-refractivity contribution in [3.05, 3.63) is 53.1 Å². The second-order valence-electron chi connectivity index (χ2n) is 7.72. The second-order valence-corrected chi connectivity index (χ2v) is 7.72. The normalized spacial score (nSPS) is 21.7. The van der Waals surface area contributed by atoms with Crippen molar-refractivity contribution in [2.24, 2.45) is 0 Å². The van der Waals surface area contributed by atoms with E-state index in [2.05, 4.69) is 15.3 Å². The van der Waals surface area contributed by atoms with Crippen molar-refractivity contribution in [3.8, 4) is 5.75 Å². The monoisotopic (exact) mass is 418 g/mol. The lowest BCUT2D eigenvalue weighted by molar-refractivity contribution is -0.137. The maximum Gasteiger partial charge on any atom is 0.416 e. The van der Waals surface area contributed by atoms with E-state index in [0.717, 1.165) is 28.4 Å². The molecule has 4 heterocycles. The van der Waals surface area contributed by atoms with Crippen molar-refractivity contribution in [3.63, 3.8) is 0 Å². The molecule has 0 saturated carbocycles. The summed E-state index contributed by atoms with van der Waals surface area (Å²) in [6, 6.07) is 4.29. The summed E-state index contributed by atoms with van der Waals surface area (Å²) in [5.41, 5.74) is 2.48. The molecule has 0 bridgehead atoms. The van der Waals surface area contributed by atoms with Gasteiger partial charge < -0.3 is 19.4 Å². The highest BCUT2D eigenvalue weighted by molar-refractivity contribution is 5.78. The molecular weight excluding hydrogens is 397 g/mol. The molecule has 2 atom stereocenters. The summed E-state index contributed by atoms with van der Waals surface area (Å²) in [5, 5.41) is 4.16. The Morgan fingerprint density at radius 2 is 2.13 bits per heavy atom. The largest absolute Gasteiger partial charge is 0.487 e. The highest BCUT2D eigenvalue weighted by Gasteiger charge is 2.35. The fourth-order valence-corrected chi connectivity index (χ4v) is 4.20. The lowest BCUT2D eigenvalue weighted by Crippen LogP contribution is -2.26. The molecule has 6 nitrogen and oxygen atoms in total. The molecule has 2 aliphatic rings. The summed E-state index contributed by atoms with van der Waals surface area (Å²) in [5.74, 6) is 0.289. The van der Waals surface area contributed by atoms with Crippen LogP contribution in [0.5, 0.6) is 5.75 Å². The maximum absolute atomic E-state index is 13.4. The van der Waals surface area contributed by atoms with Crippen LogP contribution >= 0.6 is 0 Å². The zero-order valence-electron chi connectivity index (χ0n) is 16.4. The molecule has 1 aromatic carbocycles. The molecular formula is C21H21F3N4O2. The molecule has 158 valence electrons. The fraction of sp³-hybridized carbons (Fsp3) is 0.429. The standard InChI is InChI=1S/C21H21F3N4O2/c1-12-16-3-5-28(20(16)27-11-26-12)19-8-15(10-29-19)30-18-7-14(21(22,23)24)6-13-2-4-25-9-17(13)18/h3,5-7,11,15,19,25H,2,4,8-10H2,1H3/t15?,19-/m0/s1. The number of alkyl halides is 3. The Morgan fingerprint density at radius 3 is 2.97 bits per heavy atom. The van der Waals surface area contributed by atoms with E-state index in [1.54, 1.807) is 0 Å². The molecule has 2 aromatic heterocycles. The summed E-state index contributed by atoms with van der Waals surface area (Å²) in [6.07, 6.45) is -0.562. The predicted octanol–water partition coefficient (Wildman–Crippen LogP) is 3.77. The highest BCUT2D eigenvalue weighted by Crippen LogP contribution is 2.38. The van der Waals surface area contributed by atoms with Gasteiger partial charge in [-0.15, -0.1) is 0 Å². The molecule has 2 aliphatic heterocycles. The van der Waals surface area contributed by atoms with Crippen LogP contribution in [0.4, 0.5) is 13.2 Å². The van der Waals surface area contributed by atoms with E-state index in [4.69, 9.17) is 9.47 Å². The Balaban J connectivity index is 1.40. The average molecular weight is 418 g/mol. The van der Waals surface area contributed by atoms with Gasteiger partial charge in [0.2, 0.25) is 0 Å². The summed E-state index contributed by atoms with van der Waals surface area (Å²) >= 11 is 0. The van der Waals surface area contributed by atoms with Gasteiger partial charge >= 0.3 is 6.18 Å². The molecule has 5 rings (SSSR count). The zero-order valence-corrected chi connectivity index (χ0v) is 16.4. The first kappa shape index (κ1) is 19.3. The van der Waals surface area contributed by atoms with Crippen LogP contribution in [0.1, 0.15) is 35.0 Å². The fourth-order valence-electron chi connectivity index (χ4n) is 4.20. The van der Waals surface area contributed by atoms with Gasteiger partial charge in [-0.2, -0.15) is 13.2 Å². The minimum Gasteiger partial charge on any atom is -0.487 e. The van der Waals surface area contributed by atoms with Gasteiger partial charge in [0, 0.05) is 30.1 Å². The predicted molar refractivity (Wildman–Crippen MR) is 103 cm³/mol. The number of hydrogen-bond donors (Lipinski definition) is 1. The number of benzene rings is 1. The molecule has 1 N–H and O–H groups in total. The molecule has 0 aliphatic carbocycles. The molecule has 1 unspecified atom stereocenters. The van der Waals surface area contributed by atoms with Crippen LogP contribution in [0, 0.1) is 6.92 Å². The molecule has 3 aromatic rings. The molecule has 0 radical (unpaired) electrons. The average Bonchev–Trinajstić information content (AvgIpc) is 3.34. The van der Waals surface area contributed by atoms with E-state index < -0.39 is 11.7 Å². The topological polar surface area (TPSA) is 61.2 Å². The minimum atomic E-state index is -4.41. The van der Waals surface area contributed by atoms with E-state index >= 15 is 0 Å². The number of rotatable bonds is 3. The first-order valence-electron chi connectivity index (χ1n) is 9.90.